The second-order valence-electron chi connectivity index (χ2n) is 6.42. The lowest BCUT2D eigenvalue weighted by atomic mass is 10.1. The number of anilines is 1. The number of imidazole rings is 1. The smallest absolute Gasteiger partial charge is 0.193 e. The van der Waals surface area contributed by atoms with Gasteiger partial charge in [0.05, 0.1) is 23.7 Å². The summed E-state index contributed by atoms with van der Waals surface area (Å²) in [6.07, 6.45) is 12.3. The molecule has 4 rings (SSSR count). The Kier molecular flexibility index (Phi) is 4.49. The molecule has 2 N–H and O–H groups in total. The van der Waals surface area contributed by atoms with Crippen LogP contribution in [0.15, 0.2) is 48.2 Å². The predicted octanol–water partition coefficient (Wildman–Crippen LogP) is 1.21. The largest absolute Gasteiger partial charge is 0.355 e. The maximum atomic E-state index is 12.5. The number of hydrogen-bond donors (Lipinski definition) is 2. The number of H-pyrrole nitrogens is 1. The van der Waals surface area contributed by atoms with Crippen LogP contribution in [0.5, 0.6) is 0 Å². The van der Waals surface area contributed by atoms with E-state index < -0.39 is 0 Å². The zero-order chi connectivity index (χ0) is 17.9. The van der Waals surface area contributed by atoms with Crippen molar-refractivity contribution in [1.29, 1.82) is 0 Å². The number of piperidine rings is 1. The van der Waals surface area contributed by atoms with Crippen LogP contribution in [0.25, 0.3) is 17.1 Å². The summed E-state index contributed by atoms with van der Waals surface area (Å²) >= 11 is 0. The molecular weight excluding hydrogens is 330 g/mol. The van der Waals surface area contributed by atoms with E-state index in [0.717, 1.165) is 31.7 Å². The summed E-state index contributed by atoms with van der Waals surface area (Å²) in [7, 11) is 2.05. The van der Waals surface area contributed by atoms with Gasteiger partial charge in [-0.2, -0.15) is 0 Å². The molecule has 3 aromatic rings. The highest BCUT2D eigenvalue weighted by Crippen LogP contribution is 2.19. The Labute approximate surface area is 150 Å². The first-order chi connectivity index (χ1) is 12.7. The molecule has 0 radical (unpaired) electrons. The van der Waals surface area contributed by atoms with Crippen molar-refractivity contribution in [2.45, 2.75) is 18.9 Å². The summed E-state index contributed by atoms with van der Waals surface area (Å²) < 4.78 is 1.74. The van der Waals surface area contributed by atoms with Crippen LogP contribution in [0, 0.1) is 0 Å². The van der Waals surface area contributed by atoms with Crippen LogP contribution < -0.4 is 15.6 Å². The molecule has 1 saturated heterocycles. The molecule has 1 aliphatic heterocycles. The van der Waals surface area contributed by atoms with Gasteiger partial charge in [0.25, 0.3) is 0 Å². The monoisotopic (exact) mass is 351 g/mol. The van der Waals surface area contributed by atoms with Gasteiger partial charge in [0.15, 0.2) is 5.43 Å². The van der Waals surface area contributed by atoms with E-state index in [9.17, 15) is 4.79 Å². The Hall–Kier alpha value is -3.00. The molecule has 0 amide bonds. The standard InChI is InChI=1S/C18H21N7O/c1-24(13-2-4-19-5-3-13)18-11-21-15(10-23-18)14-9-22-17(8-16(14)26)25-7-6-20-12-25/h6-13,19H,2-5H2,1H3,(H,22,26). The number of rotatable bonds is 4. The Balaban J connectivity index is 1.56. The molecule has 1 aliphatic rings. The van der Waals surface area contributed by atoms with Gasteiger partial charge in [-0.1, -0.05) is 0 Å². The summed E-state index contributed by atoms with van der Waals surface area (Å²) in [5.41, 5.74) is 0.949. The number of aromatic nitrogens is 5. The van der Waals surface area contributed by atoms with Crippen molar-refractivity contribution in [3.63, 3.8) is 0 Å². The average molecular weight is 351 g/mol. The third kappa shape index (κ3) is 3.23. The van der Waals surface area contributed by atoms with Crippen LogP contribution in [-0.4, -0.2) is 50.7 Å². The molecule has 3 aromatic heterocycles. The fraction of sp³-hybridized carbons (Fsp3) is 0.333. The zero-order valence-corrected chi connectivity index (χ0v) is 14.6. The highest BCUT2D eigenvalue weighted by molar-refractivity contribution is 5.58. The van der Waals surface area contributed by atoms with Gasteiger partial charge in [-0.25, -0.2) is 9.97 Å². The van der Waals surface area contributed by atoms with Gasteiger partial charge in [-0.05, 0) is 25.9 Å². The van der Waals surface area contributed by atoms with E-state index >= 15 is 0 Å². The molecule has 0 unspecified atom stereocenters. The molecule has 8 heteroatoms. The number of aromatic amines is 1. The minimum atomic E-state index is -0.110. The van der Waals surface area contributed by atoms with Crippen LogP contribution >= 0.6 is 0 Å². The van der Waals surface area contributed by atoms with Crippen LogP contribution in [-0.2, 0) is 0 Å². The number of nitrogens with zero attached hydrogens (tertiary/aromatic N) is 5. The van der Waals surface area contributed by atoms with Crippen LogP contribution in [0.4, 0.5) is 5.82 Å². The fourth-order valence-electron chi connectivity index (χ4n) is 3.24. The highest BCUT2D eigenvalue weighted by atomic mass is 16.1. The first-order valence-electron chi connectivity index (χ1n) is 8.69. The second-order valence-corrected chi connectivity index (χ2v) is 6.42. The van der Waals surface area contributed by atoms with E-state index in [-0.39, 0.29) is 5.43 Å². The SMILES string of the molecule is CN(c1cnc(-c2c[nH]c(-n3ccnc3)cc2=O)cn1)C1CCNCC1. The van der Waals surface area contributed by atoms with Crippen molar-refractivity contribution >= 4 is 5.82 Å². The van der Waals surface area contributed by atoms with Gasteiger partial charge in [-0.3, -0.25) is 14.3 Å². The molecule has 26 heavy (non-hydrogen) atoms. The second kappa shape index (κ2) is 7.09. The number of nitrogens with one attached hydrogen (secondary N) is 2. The van der Waals surface area contributed by atoms with E-state index in [1.165, 1.54) is 6.07 Å². The van der Waals surface area contributed by atoms with Crippen molar-refractivity contribution in [2.24, 2.45) is 0 Å². The van der Waals surface area contributed by atoms with Gasteiger partial charge in [-0.15, -0.1) is 0 Å². The third-order valence-electron chi connectivity index (χ3n) is 4.81. The Morgan fingerprint density at radius 2 is 2.08 bits per heavy atom. The summed E-state index contributed by atoms with van der Waals surface area (Å²) in [6.45, 7) is 2.05. The van der Waals surface area contributed by atoms with Gasteiger partial charge in [0.2, 0.25) is 0 Å². The van der Waals surface area contributed by atoms with Crippen molar-refractivity contribution < 1.29 is 0 Å². The quantitative estimate of drug-likeness (QED) is 0.734. The van der Waals surface area contributed by atoms with E-state index in [2.05, 4.69) is 30.2 Å². The Morgan fingerprint density at radius 3 is 2.73 bits per heavy atom. The molecule has 1 fully saturated rings. The zero-order valence-electron chi connectivity index (χ0n) is 14.6. The van der Waals surface area contributed by atoms with Gasteiger partial charge in [0.1, 0.15) is 18.0 Å². The van der Waals surface area contributed by atoms with Crippen LogP contribution in [0.3, 0.4) is 0 Å². The normalized spacial score (nSPS) is 15.1. The number of hydrogen-bond acceptors (Lipinski definition) is 6. The van der Waals surface area contributed by atoms with Crippen molar-refractivity contribution in [2.75, 3.05) is 25.0 Å². The molecule has 0 saturated carbocycles. The molecule has 0 aliphatic carbocycles. The lowest BCUT2D eigenvalue weighted by molar-refractivity contribution is 0.441. The van der Waals surface area contributed by atoms with Crippen LogP contribution in [0.1, 0.15) is 12.8 Å². The summed E-state index contributed by atoms with van der Waals surface area (Å²) in [6, 6.07) is 2.00. The van der Waals surface area contributed by atoms with E-state index in [1.54, 1.807) is 41.9 Å². The summed E-state index contributed by atoms with van der Waals surface area (Å²) in [4.78, 5) is 30.7. The van der Waals surface area contributed by atoms with Crippen molar-refractivity contribution in [3.8, 4) is 17.1 Å². The molecule has 0 atom stereocenters. The summed E-state index contributed by atoms with van der Waals surface area (Å²) in [5, 5.41) is 3.37. The molecule has 0 spiro atoms. The first kappa shape index (κ1) is 16.5. The lowest BCUT2D eigenvalue weighted by Crippen LogP contribution is -2.41. The van der Waals surface area contributed by atoms with Crippen LogP contribution in [0.2, 0.25) is 0 Å². The van der Waals surface area contributed by atoms with Crippen molar-refractivity contribution in [1.82, 2.24) is 29.8 Å². The minimum absolute atomic E-state index is 0.110. The van der Waals surface area contributed by atoms with Gasteiger partial charge in [0, 0.05) is 37.7 Å². The molecule has 0 aromatic carbocycles. The van der Waals surface area contributed by atoms with Gasteiger partial charge < -0.3 is 15.2 Å². The molecular formula is C18H21N7O. The van der Waals surface area contributed by atoms with E-state index in [1.807, 2.05) is 7.05 Å². The van der Waals surface area contributed by atoms with E-state index in [4.69, 9.17) is 0 Å². The number of pyridine rings is 1. The molecule has 134 valence electrons. The molecule has 4 heterocycles. The fourth-order valence-corrected chi connectivity index (χ4v) is 3.24. The lowest BCUT2D eigenvalue weighted by Gasteiger charge is -2.32. The first-order valence-corrected chi connectivity index (χ1v) is 8.69. The summed E-state index contributed by atoms with van der Waals surface area (Å²) in [5.74, 6) is 1.48. The van der Waals surface area contributed by atoms with Gasteiger partial charge >= 0.3 is 0 Å². The third-order valence-corrected chi connectivity index (χ3v) is 4.81. The minimum Gasteiger partial charge on any atom is -0.355 e. The maximum Gasteiger partial charge on any atom is 0.193 e. The topological polar surface area (TPSA) is 91.7 Å². The Morgan fingerprint density at radius 1 is 1.23 bits per heavy atom. The predicted molar refractivity (Wildman–Crippen MR) is 99.5 cm³/mol. The molecule has 8 nitrogen and oxygen atoms in total. The molecule has 0 bridgehead atoms. The Bertz CT molecular complexity index is 911. The maximum absolute atomic E-state index is 12.5. The van der Waals surface area contributed by atoms with E-state index in [0.29, 0.717) is 23.1 Å². The average Bonchev–Trinajstić information content (AvgIpc) is 3.23. The highest BCUT2D eigenvalue weighted by Gasteiger charge is 2.19. The van der Waals surface area contributed by atoms with Crippen molar-refractivity contribution in [3.05, 3.63) is 53.6 Å².